The van der Waals surface area contributed by atoms with Gasteiger partial charge in [0.1, 0.15) is 12.4 Å². The third-order valence-corrected chi connectivity index (χ3v) is 4.28. The number of ether oxygens (including phenoxy) is 3. The molecule has 1 N–H and O–H groups in total. The van der Waals surface area contributed by atoms with Crippen LogP contribution >= 0.6 is 0 Å². The van der Waals surface area contributed by atoms with Gasteiger partial charge in [-0.15, -0.1) is 0 Å². The molecule has 0 spiro atoms. The molecule has 0 saturated heterocycles. The number of amides is 1. The van der Waals surface area contributed by atoms with Gasteiger partial charge >= 0.3 is 0 Å². The average Bonchev–Trinajstić information content (AvgIpc) is 2.81. The van der Waals surface area contributed by atoms with E-state index < -0.39 is 0 Å². The van der Waals surface area contributed by atoms with Crippen LogP contribution < -0.4 is 19.5 Å². The molecular weight excluding hydrogens is 396 g/mol. The molecule has 3 aromatic rings. The highest BCUT2D eigenvalue weighted by molar-refractivity contribution is 5.93. The molecule has 3 aromatic carbocycles. The van der Waals surface area contributed by atoms with Crippen LogP contribution in [0, 0.1) is 0 Å². The van der Waals surface area contributed by atoms with Crippen molar-refractivity contribution >= 4 is 17.8 Å². The molecule has 31 heavy (non-hydrogen) atoms. The SMILES string of the molecule is COc1ccccc1NC(=O)COc1ccc(/C=N/OCc2ccccc2)cc1OC. The molecule has 0 heterocycles. The highest BCUT2D eigenvalue weighted by Gasteiger charge is 2.10. The normalized spacial score (nSPS) is 10.5. The first-order valence-electron chi connectivity index (χ1n) is 9.62. The van der Waals surface area contributed by atoms with Crippen LogP contribution in [0.2, 0.25) is 0 Å². The number of nitrogens with one attached hydrogen (secondary N) is 1. The molecule has 0 aliphatic rings. The summed E-state index contributed by atoms with van der Waals surface area (Å²) in [5.74, 6) is 1.19. The number of rotatable bonds is 10. The van der Waals surface area contributed by atoms with Gasteiger partial charge in [-0.1, -0.05) is 47.6 Å². The van der Waals surface area contributed by atoms with Gasteiger partial charge in [0.2, 0.25) is 0 Å². The summed E-state index contributed by atoms with van der Waals surface area (Å²) in [6.07, 6.45) is 1.59. The number of methoxy groups -OCH3 is 2. The lowest BCUT2D eigenvalue weighted by Crippen LogP contribution is -2.20. The monoisotopic (exact) mass is 420 g/mol. The first kappa shape index (κ1) is 21.7. The number of oxime groups is 1. The molecule has 3 rings (SSSR count). The summed E-state index contributed by atoms with van der Waals surface area (Å²) < 4.78 is 16.2. The van der Waals surface area contributed by atoms with E-state index in [1.807, 2.05) is 42.5 Å². The van der Waals surface area contributed by atoms with Gasteiger partial charge < -0.3 is 24.4 Å². The molecule has 0 bridgehead atoms. The minimum Gasteiger partial charge on any atom is -0.495 e. The Morgan fingerprint density at radius 1 is 0.903 bits per heavy atom. The quantitative estimate of drug-likeness (QED) is 0.391. The Balaban J connectivity index is 1.54. The van der Waals surface area contributed by atoms with Crippen molar-refractivity contribution in [2.24, 2.45) is 5.16 Å². The Bertz CT molecular complexity index is 1020. The second kappa shape index (κ2) is 11.3. The van der Waals surface area contributed by atoms with Crippen LogP contribution in [0.25, 0.3) is 0 Å². The number of para-hydroxylation sites is 2. The maximum Gasteiger partial charge on any atom is 0.262 e. The summed E-state index contributed by atoms with van der Waals surface area (Å²) in [7, 11) is 3.08. The Kier molecular flexibility index (Phi) is 7.88. The van der Waals surface area contributed by atoms with E-state index in [9.17, 15) is 4.79 Å². The summed E-state index contributed by atoms with van der Waals surface area (Å²) in [6.45, 7) is 0.207. The molecule has 7 nitrogen and oxygen atoms in total. The first-order valence-corrected chi connectivity index (χ1v) is 9.62. The number of benzene rings is 3. The lowest BCUT2D eigenvalue weighted by atomic mass is 10.2. The van der Waals surface area contributed by atoms with Gasteiger partial charge in [-0.2, -0.15) is 0 Å². The molecule has 0 saturated carbocycles. The van der Waals surface area contributed by atoms with Crippen LogP contribution in [0.4, 0.5) is 5.69 Å². The second-order valence-electron chi connectivity index (χ2n) is 6.44. The van der Waals surface area contributed by atoms with Gasteiger partial charge in [0.05, 0.1) is 26.1 Å². The van der Waals surface area contributed by atoms with Gasteiger partial charge in [0, 0.05) is 5.56 Å². The molecule has 0 radical (unpaired) electrons. The smallest absolute Gasteiger partial charge is 0.262 e. The Labute approximate surface area is 181 Å². The maximum absolute atomic E-state index is 12.2. The predicted octanol–water partition coefficient (Wildman–Crippen LogP) is 4.27. The lowest BCUT2D eigenvalue weighted by molar-refractivity contribution is -0.118. The molecule has 160 valence electrons. The van der Waals surface area contributed by atoms with Crippen molar-refractivity contribution in [3.05, 3.63) is 83.9 Å². The van der Waals surface area contributed by atoms with Crippen LogP contribution in [0.5, 0.6) is 17.2 Å². The number of anilines is 1. The average molecular weight is 420 g/mol. The molecule has 1 amide bonds. The lowest BCUT2D eigenvalue weighted by Gasteiger charge is -2.12. The summed E-state index contributed by atoms with van der Waals surface area (Å²) >= 11 is 0. The van der Waals surface area contributed by atoms with Crippen molar-refractivity contribution < 1.29 is 23.8 Å². The number of hydrogen-bond acceptors (Lipinski definition) is 6. The zero-order valence-electron chi connectivity index (χ0n) is 17.4. The fourth-order valence-corrected chi connectivity index (χ4v) is 2.75. The molecule has 0 atom stereocenters. The molecule has 0 fully saturated rings. The third kappa shape index (κ3) is 6.50. The molecule has 0 aromatic heterocycles. The fraction of sp³-hybridized carbons (Fsp3) is 0.167. The van der Waals surface area contributed by atoms with Gasteiger partial charge in [-0.25, -0.2) is 0 Å². The minimum atomic E-state index is -0.313. The van der Waals surface area contributed by atoms with Gasteiger partial charge in [0.25, 0.3) is 5.91 Å². The predicted molar refractivity (Wildman–Crippen MR) is 119 cm³/mol. The fourth-order valence-electron chi connectivity index (χ4n) is 2.75. The summed E-state index contributed by atoms with van der Waals surface area (Å²) in [4.78, 5) is 17.6. The van der Waals surface area contributed by atoms with E-state index in [0.29, 0.717) is 29.5 Å². The topological polar surface area (TPSA) is 78.4 Å². The van der Waals surface area contributed by atoms with Gasteiger partial charge in [-0.05, 0) is 35.9 Å². The second-order valence-corrected chi connectivity index (χ2v) is 6.44. The molecular formula is C24H24N2O5. The zero-order valence-corrected chi connectivity index (χ0v) is 17.4. The van der Waals surface area contributed by atoms with Crippen molar-refractivity contribution in [2.45, 2.75) is 6.61 Å². The maximum atomic E-state index is 12.2. The van der Waals surface area contributed by atoms with Crippen molar-refractivity contribution in [3.63, 3.8) is 0 Å². The van der Waals surface area contributed by atoms with Crippen LogP contribution in [-0.2, 0) is 16.2 Å². The van der Waals surface area contributed by atoms with E-state index in [2.05, 4.69) is 10.5 Å². The van der Waals surface area contributed by atoms with Crippen LogP contribution in [0.15, 0.2) is 78.0 Å². The largest absolute Gasteiger partial charge is 0.495 e. The van der Waals surface area contributed by atoms with Crippen molar-refractivity contribution in [1.29, 1.82) is 0 Å². The van der Waals surface area contributed by atoms with E-state index in [4.69, 9.17) is 19.0 Å². The Morgan fingerprint density at radius 3 is 2.42 bits per heavy atom. The van der Waals surface area contributed by atoms with E-state index >= 15 is 0 Å². The van der Waals surface area contributed by atoms with Crippen LogP contribution in [-0.4, -0.2) is 32.9 Å². The molecule has 7 heteroatoms. The van der Waals surface area contributed by atoms with Crippen LogP contribution in [0.3, 0.4) is 0 Å². The van der Waals surface area contributed by atoms with E-state index in [1.165, 1.54) is 7.11 Å². The number of hydrogen-bond donors (Lipinski definition) is 1. The van der Waals surface area contributed by atoms with E-state index in [0.717, 1.165) is 11.1 Å². The number of carbonyl (C=O) groups excluding carboxylic acids is 1. The summed E-state index contributed by atoms with van der Waals surface area (Å²) in [6, 6.07) is 22.2. The number of carbonyl (C=O) groups is 1. The summed E-state index contributed by atoms with van der Waals surface area (Å²) in [5, 5.41) is 6.74. The van der Waals surface area contributed by atoms with E-state index in [-0.39, 0.29) is 12.5 Å². The highest BCUT2D eigenvalue weighted by Crippen LogP contribution is 2.28. The zero-order chi connectivity index (χ0) is 21.9. The Morgan fingerprint density at radius 2 is 1.65 bits per heavy atom. The van der Waals surface area contributed by atoms with Crippen molar-refractivity contribution in [3.8, 4) is 17.2 Å². The Hall–Kier alpha value is -4.00. The van der Waals surface area contributed by atoms with Crippen molar-refractivity contribution in [1.82, 2.24) is 0 Å². The van der Waals surface area contributed by atoms with Gasteiger partial charge in [0.15, 0.2) is 18.1 Å². The third-order valence-electron chi connectivity index (χ3n) is 4.28. The van der Waals surface area contributed by atoms with Crippen molar-refractivity contribution in [2.75, 3.05) is 26.1 Å². The molecule has 0 unspecified atom stereocenters. The molecule has 0 aliphatic carbocycles. The minimum absolute atomic E-state index is 0.179. The number of nitrogens with zero attached hydrogens (tertiary/aromatic N) is 1. The summed E-state index contributed by atoms with van der Waals surface area (Å²) in [5.41, 5.74) is 2.38. The molecule has 0 aliphatic heterocycles. The van der Waals surface area contributed by atoms with Gasteiger partial charge in [-0.3, -0.25) is 4.79 Å². The first-order chi connectivity index (χ1) is 15.2. The van der Waals surface area contributed by atoms with Crippen LogP contribution in [0.1, 0.15) is 11.1 Å². The standard InChI is InChI=1S/C24H24N2O5/c1-28-21-11-7-6-10-20(21)26-24(27)17-30-22-13-12-19(14-23(22)29-2)15-25-31-16-18-8-4-3-5-9-18/h3-15H,16-17H2,1-2H3,(H,26,27)/b25-15+. The van der Waals surface area contributed by atoms with E-state index in [1.54, 1.807) is 43.7 Å². The highest BCUT2D eigenvalue weighted by atomic mass is 16.6.